The summed E-state index contributed by atoms with van der Waals surface area (Å²) in [4.78, 5) is 17.9. The van der Waals surface area contributed by atoms with Crippen molar-refractivity contribution in [2.24, 2.45) is 0 Å². The number of aliphatic hydroxyl groups is 3. The molecule has 25 heavy (non-hydrogen) atoms. The van der Waals surface area contributed by atoms with Crippen LogP contribution in [0.4, 0.5) is 13.2 Å². The van der Waals surface area contributed by atoms with Gasteiger partial charge in [0, 0.05) is 10.9 Å². The molecular weight excluding hydrogens is 345 g/mol. The number of nitrogens with one attached hydrogen (secondary N) is 1. The van der Waals surface area contributed by atoms with Crippen molar-refractivity contribution in [3.63, 3.8) is 0 Å². The molecule has 1 aliphatic rings. The topological polar surface area (TPSA) is 116 Å². The van der Waals surface area contributed by atoms with E-state index in [1.54, 1.807) is 0 Å². The van der Waals surface area contributed by atoms with E-state index in [1.165, 1.54) is 19.1 Å². The Kier molecular flexibility index (Phi) is 4.31. The monoisotopic (exact) mass is 360 g/mol. The summed E-state index contributed by atoms with van der Waals surface area (Å²) in [6.45, 7) is 0.683. The molecule has 0 bridgehead atoms. The van der Waals surface area contributed by atoms with Crippen LogP contribution in [-0.4, -0.2) is 50.2 Å². The van der Waals surface area contributed by atoms with Crippen molar-refractivity contribution in [3.05, 3.63) is 39.3 Å². The SMILES string of the molecule is Cc1cc2cc(C3OC(CO)C(O)C3O)c(=O)[nH]c2nc1C(F)(F)F. The molecule has 10 heteroatoms. The molecule has 0 saturated carbocycles. The lowest BCUT2D eigenvalue weighted by Gasteiger charge is -2.15. The van der Waals surface area contributed by atoms with Crippen LogP contribution in [0.3, 0.4) is 0 Å². The number of rotatable bonds is 2. The molecule has 0 spiro atoms. The summed E-state index contributed by atoms with van der Waals surface area (Å²) >= 11 is 0. The van der Waals surface area contributed by atoms with Crippen LogP contribution in [0.15, 0.2) is 16.9 Å². The third-order valence-electron chi connectivity index (χ3n) is 4.17. The fourth-order valence-corrected chi connectivity index (χ4v) is 2.91. The molecule has 4 unspecified atom stereocenters. The number of nitrogens with zero attached hydrogens (tertiary/aromatic N) is 1. The van der Waals surface area contributed by atoms with Gasteiger partial charge in [0.15, 0.2) is 0 Å². The van der Waals surface area contributed by atoms with Gasteiger partial charge in [-0.05, 0) is 24.6 Å². The summed E-state index contributed by atoms with van der Waals surface area (Å²) in [5.41, 5.74) is -2.35. The maximum absolute atomic E-state index is 12.9. The van der Waals surface area contributed by atoms with Crippen LogP contribution >= 0.6 is 0 Å². The maximum atomic E-state index is 12.9. The average molecular weight is 360 g/mol. The number of alkyl halides is 3. The zero-order valence-corrected chi connectivity index (χ0v) is 12.9. The summed E-state index contributed by atoms with van der Waals surface area (Å²) < 4.78 is 44.0. The molecule has 0 aliphatic carbocycles. The molecule has 3 rings (SSSR count). The minimum atomic E-state index is -4.66. The lowest BCUT2D eigenvalue weighted by atomic mass is 10.0. The van der Waals surface area contributed by atoms with Crippen molar-refractivity contribution >= 4 is 11.0 Å². The number of ether oxygens (including phenoxy) is 1. The van der Waals surface area contributed by atoms with Crippen LogP contribution in [0.25, 0.3) is 11.0 Å². The van der Waals surface area contributed by atoms with Gasteiger partial charge in [-0.3, -0.25) is 4.79 Å². The second kappa shape index (κ2) is 6.06. The maximum Gasteiger partial charge on any atom is 0.433 e. The molecule has 7 nitrogen and oxygen atoms in total. The van der Waals surface area contributed by atoms with Crippen LogP contribution in [-0.2, 0) is 10.9 Å². The van der Waals surface area contributed by atoms with Crippen LogP contribution < -0.4 is 5.56 Å². The number of H-pyrrole nitrogens is 1. The molecule has 2 aromatic rings. The van der Waals surface area contributed by atoms with Crippen LogP contribution in [0.5, 0.6) is 0 Å². The largest absolute Gasteiger partial charge is 0.433 e. The van der Waals surface area contributed by atoms with Crippen LogP contribution in [0.2, 0.25) is 0 Å². The van der Waals surface area contributed by atoms with E-state index in [4.69, 9.17) is 9.84 Å². The first-order chi connectivity index (χ1) is 11.6. The summed E-state index contributed by atoms with van der Waals surface area (Å²) in [6, 6.07) is 2.47. The van der Waals surface area contributed by atoms with Gasteiger partial charge >= 0.3 is 6.18 Å². The Labute approximate surface area is 138 Å². The molecular formula is C15H15F3N2O5. The zero-order chi connectivity index (χ0) is 18.5. The first-order valence-electron chi connectivity index (χ1n) is 7.37. The van der Waals surface area contributed by atoms with Gasteiger partial charge in [0.05, 0.1) is 6.61 Å². The second-order valence-electron chi connectivity index (χ2n) is 5.90. The normalized spacial score (nSPS) is 27.2. The number of aliphatic hydroxyl groups excluding tert-OH is 3. The number of hydrogen-bond donors (Lipinski definition) is 4. The van der Waals surface area contributed by atoms with Gasteiger partial charge in [-0.15, -0.1) is 0 Å². The fourth-order valence-electron chi connectivity index (χ4n) is 2.91. The highest BCUT2D eigenvalue weighted by molar-refractivity contribution is 5.76. The van der Waals surface area contributed by atoms with Crippen LogP contribution in [0, 0.1) is 6.92 Å². The first-order valence-corrected chi connectivity index (χ1v) is 7.37. The van der Waals surface area contributed by atoms with Crippen molar-refractivity contribution in [2.45, 2.75) is 37.5 Å². The van der Waals surface area contributed by atoms with Crippen molar-refractivity contribution in [3.8, 4) is 0 Å². The first kappa shape index (κ1) is 17.8. The Morgan fingerprint density at radius 3 is 2.52 bits per heavy atom. The lowest BCUT2D eigenvalue weighted by Crippen LogP contribution is -2.33. The van der Waals surface area contributed by atoms with E-state index in [2.05, 4.69) is 9.97 Å². The highest BCUT2D eigenvalue weighted by atomic mass is 19.4. The van der Waals surface area contributed by atoms with Gasteiger partial charge in [0.2, 0.25) is 0 Å². The molecule has 1 fully saturated rings. The minimum Gasteiger partial charge on any atom is -0.394 e. The third-order valence-corrected chi connectivity index (χ3v) is 4.17. The molecule has 136 valence electrons. The summed E-state index contributed by atoms with van der Waals surface area (Å²) in [7, 11) is 0. The standard InChI is InChI=1S/C15H15F3N2O5/c1-5-2-6-3-7(11-10(23)9(22)8(4-21)25-11)14(24)20-13(6)19-12(5)15(16,17)18/h2-3,8-11,21-23H,4H2,1H3,(H,19,20,24). The molecule has 2 aromatic heterocycles. The quantitative estimate of drug-likeness (QED) is 0.616. The van der Waals surface area contributed by atoms with Gasteiger partial charge in [0.25, 0.3) is 5.56 Å². The second-order valence-corrected chi connectivity index (χ2v) is 5.90. The number of aromatic nitrogens is 2. The number of fused-ring (bicyclic) bond motifs is 1. The van der Waals surface area contributed by atoms with Crippen molar-refractivity contribution in [1.82, 2.24) is 9.97 Å². The summed E-state index contributed by atoms with van der Waals surface area (Å²) in [6.07, 6.45) is -9.79. The predicted molar refractivity (Wildman–Crippen MR) is 78.8 cm³/mol. The molecule has 0 amide bonds. The van der Waals surface area contributed by atoms with E-state index in [1.807, 2.05) is 0 Å². The fraction of sp³-hybridized carbons (Fsp3) is 0.467. The van der Waals surface area contributed by atoms with Crippen molar-refractivity contribution < 1.29 is 33.2 Å². The van der Waals surface area contributed by atoms with Gasteiger partial charge in [0.1, 0.15) is 35.8 Å². The molecule has 1 saturated heterocycles. The van der Waals surface area contributed by atoms with Crippen molar-refractivity contribution in [1.29, 1.82) is 0 Å². The van der Waals surface area contributed by atoms with E-state index in [0.29, 0.717) is 0 Å². The van der Waals surface area contributed by atoms with E-state index in [9.17, 15) is 28.2 Å². The molecule has 4 N–H and O–H groups in total. The Morgan fingerprint density at radius 2 is 1.96 bits per heavy atom. The lowest BCUT2D eigenvalue weighted by molar-refractivity contribution is -0.141. The van der Waals surface area contributed by atoms with Gasteiger partial charge in [-0.25, -0.2) is 4.98 Å². The number of hydrogen-bond acceptors (Lipinski definition) is 6. The summed E-state index contributed by atoms with van der Waals surface area (Å²) in [5.74, 6) is 0. The zero-order valence-electron chi connectivity index (χ0n) is 12.9. The molecule has 0 aromatic carbocycles. The van der Waals surface area contributed by atoms with Gasteiger partial charge < -0.3 is 25.0 Å². The van der Waals surface area contributed by atoms with E-state index < -0.39 is 48.5 Å². The molecule has 0 radical (unpaired) electrons. The van der Waals surface area contributed by atoms with E-state index >= 15 is 0 Å². The smallest absolute Gasteiger partial charge is 0.394 e. The Balaban J connectivity index is 2.10. The number of aromatic amines is 1. The van der Waals surface area contributed by atoms with Crippen molar-refractivity contribution in [2.75, 3.05) is 6.61 Å². The third kappa shape index (κ3) is 3.01. The Hall–Kier alpha value is -2.01. The van der Waals surface area contributed by atoms with Gasteiger partial charge in [-0.1, -0.05) is 0 Å². The van der Waals surface area contributed by atoms with E-state index in [-0.39, 0.29) is 22.2 Å². The van der Waals surface area contributed by atoms with E-state index in [0.717, 1.165) is 0 Å². The molecule has 3 heterocycles. The Morgan fingerprint density at radius 1 is 1.28 bits per heavy atom. The number of aryl methyl sites for hydroxylation is 1. The highest BCUT2D eigenvalue weighted by Gasteiger charge is 2.44. The molecule has 1 aliphatic heterocycles. The summed E-state index contributed by atoms with van der Waals surface area (Å²) in [5, 5.41) is 29.1. The van der Waals surface area contributed by atoms with Gasteiger partial charge in [-0.2, -0.15) is 13.2 Å². The number of halogens is 3. The highest BCUT2D eigenvalue weighted by Crippen LogP contribution is 2.34. The minimum absolute atomic E-state index is 0.0732. The Bertz CT molecular complexity index is 867. The average Bonchev–Trinajstić information content (AvgIpc) is 2.81. The van der Waals surface area contributed by atoms with Crippen LogP contribution in [0.1, 0.15) is 22.9 Å². The molecule has 4 atom stereocenters. The predicted octanol–water partition coefficient (Wildman–Crippen LogP) is 0.404. The number of pyridine rings is 2.